The van der Waals surface area contributed by atoms with Crippen LogP contribution in [0.3, 0.4) is 0 Å². The molecule has 0 fully saturated rings. The van der Waals surface area contributed by atoms with Gasteiger partial charge in [0.15, 0.2) is 11.0 Å². The minimum absolute atomic E-state index is 0.783. The Balaban J connectivity index is 1.53. The number of hydrogen-bond acceptors (Lipinski definition) is 4. The topological polar surface area (TPSA) is 55.7 Å². The molecule has 0 radical (unpaired) electrons. The quantitative estimate of drug-likeness (QED) is 0.306. The van der Waals surface area contributed by atoms with Crippen LogP contribution in [-0.2, 0) is 0 Å². The Hall–Kier alpha value is -3.77. The van der Waals surface area contributed by atoms with Crippen molar-refractivity contribution in [2.24, 2.45) is 0 Å². The van der Waals surface area contributed by atoms with E-state index in [0.29, 0.717) is 0 Å². The SMILES string of the molecule is COc1cccc(-n2c(SC/C=C/c3ccccc3)nnc2-c2c[nH]c3ccccc23)c1. The number of nitrogens with zero attached hydrogens (tertiary/aromatic N) is 3. The number of benzene rings is 3. The summed E-state index contributed by atoms with van der Waals surface area (Å²) in [6.45, 7) is 0. The number of ether oxygens (including phenoxy) is 1. The smallest absolute Gasteiger partial charge is 0.196 e. The summed E-state index contributed by atoms with van der Waals surface area (Å²) in [7, 11) is 1.68. The summed E-state index contributed by atoms with van der Waals surface area (Å²) >= 11 is 1.65. The summed E-state index contributed by atoms with van der Waals surface area (Å²) in [6.07, 6.45) is 6.27. The third-order valence-corrected chi connectivity index (χ3v) is 6.08. The fourth-order valence-corrected chi connectivity index (χ4v) is 4.41. The van der Waals surface area contributed by atoms with Gasteiger partial charge in [0.25, 0.3) is 0 Å². The Morgan fingerprint density at radius 3 is 2.69 bits per heavy atom. The highest BCUT2D eigenvalue weighted by Gasteiger charge is 2.19. The van der Waals surface area contributed by atoms with Crippen molar-refractivity contribution in [1.82, 2.24) is 19.7 Å². The number of aromatic nitrogens is 4. The molecule has 2 heterocycles. The maximum Gasteiger partial charge on any atom is 0.196 e. The highest BCUT2D eigenvalue weighted by atomic mass is 32.2. The van der Waals surface area contributed by atoms with Gasteiger partial charge in [-0.15, -0.1) is 10.2 Å². The van der Waals surface area contributed by atoms with E-state index in [1.165, 1.54) is 5.56 Å². The first-order valence-electron chi connectivity index (χ1n) is 10.3. The molecule has 0 aliphatic heterocycles. The van der Waals surface area contributed by atoms with Gasteiger partial charge in [-0.1, -0.05) is 78.5 Å². The fourth-order valence-electron chi connectivity index (χ4n) is 3.65. The van der Waals surface area contributed by atoms with Gasteiger partial charge < -0.3 is 9.72 Å². The molecular formula is C26H22N4OS. The molecule has 0 aliphatic carbocycles. The van der Waals surface area contributed by atoms with Crippen molar-refractivity contribution in [1.29, 1.82) is 0 Å². The second kappa shape index (κ2) is 9.16. The Kier molecular flexibility index (Phi) is 5.77. The van der Waals surface area contributed by atoms with Crippen LogP contribution >= 0.6 is 11.8 Å². The van der Waals surface area contributed by atoms with Crippen molar-refractivity contribution in [3.8, 4) is 22.8 Å². The zero-order valence-corrected chi connectivity index (χ0v) is 18.4. The van der Waals surface area contributed by atoms with Gasteiger partial charge in [0.05, 0.1) is 12.8 Å². The van der Waals surface area contributed by atoms with Gasteiger partial charge in [-0.2, -0.15) is 0 Å². The van der Waals surface area contributed by atoms with E-state index in [0.717, 1.165) is 44.6 Å². The van der Waals surface area contributed by atoms with Crippen LogP contribution in [0.2, 0.25) is 0 Å². The number of hydrogen-bond donors (Lipinski definition) is 1. The molecule has 0 bridgehead atoms. The molecule has 0 amide bonds. The Morgan fingerprint density at radius 2 is 1.81 bits per heavy atom. The zero-order chi connectivity index (χ0) is 21.8. The van der Waals surface area contributed by atoms with Crippen molar-refractivity contribution < 1.29 is 4.74 Å². The van der Waals surface area contributed by atoms with Gasteiger partial charge in [0, 0.05) is 34.5 Å². The lowest BCUT2D eigenvalue weighted by Gasteiger charge is -2.11. The molecular weight excluding hydrogens is 416 g/mol. The van der Waals surface area contributed by atoms with Crippen LogP contribution < -0.4 is 4.74 Å². The van der Waals surface area contributed by atoms with Crippen LogP contribution in [0.25, 0.3) is 34.1 Å². The molecule has 2 aromatic heterocycles. The molecule has 0 saturated carbocycles. The van der Waals surface area contributed by atoms with E-state index < -0.39 is 0 Å². The third kappa shape index (κ3) is 4.05. The number of methoxy groups -OCH3 is 1. The van der Waals surface area contributed by atoms with Crippen molar-refractivity contribution in [3.63, 3.8) is 0 Å². The lowest BCUT2D eigenvalue weighted by Crippen LogP contribution is -2.00. The molecule has 5 rings (SSSR count). The first-order valence-corrected chi connectivity index (χ1v) is 11.3. The number of H-pyrrole nitrogens is 1. The number of para-hydroxylation sites is 1. The van der Waals surface area contributed by atoms with E-state index in [9.17, 15) is 0 Å². The van der Waals surface area contributed by atoms with Crippen LogP contribution in [0.4, 0.5) is 0 Å². The second-order valence-electron chi connectivity index (χ2n) is 7.22. The van der Waals surface area contributed by atoms with Gasteiger partial charge in [-0.05, 0) is 23.8 Å². The monoisotopic (exact) mass is 438 g/mol. The first kappa shape index (κ1) is 20.2. The summed E-state index contributed by atoms with van der Waals surface area (Å²) in [4.78, 5) is 3.34. The Morgan fingerprint density at radius 1 is 0.969 bits per heavy atom. The lowest BCUT2D eigenvalue weighted by atomic mass is 10.1. The fraction of sp³-hybridized carbons (Fsp3) is 0.0769. The summed E-state index contributed by atoms with van der Waals surface area (Å²) in [6, 6.07) is 26.5. The highest BCUT2D eigenvalue weighted by Crippen LogP contribution is 2.33. The number of thioether (sulfide) groups is 1. The van der Waals surface area contributed by atoms with E-state index in [2.05, 4.69) is 56.2 Å². The number of nitrogens with one attached hydrogen (secondary N) is 1. The molecule has 3 aromatic carbocycles. The maximum absolute atomic E-state index is 5.46. The standard InChI is InChI=1S/C26H22N4OS/c1-31-21-13-7-12-20(17-21)30-25(23-18-27-24-15-6-5-14-22(23)24)28-29-26(30)32-16-8-11-19-9-3-2-4-10-19/h2-15,17-18,27H,16H2,1H3/b11-8+. The highest BCUT2D eigenvalue weighted by molar-refractivity contribution is 7.99. The predicted molar refractivity (Wildman–Crippen MR) is 131 cm³/mol. The molecule has 0 saturated heterocycles. The van der Waals surface area contributed by atoms with Gasteiger partial charge in [-0.3, -0.25) is 4.57 Å². The largest absolute Gasteiger partial charge is 0.497 e. The van der Waals surface area contributed by atoms with E-state index in [-0.39, 0.29) is 0 Å². The third-order valence-electron chi connectivity index (χ3n) is 5.19. The van der Waals surface area contributed by atoms with Crippen LogP contribution in [0.15, 0.2) is 96.3 Å². The van der Waals surface area contributed by atoms with Gasteiger partial charge >= 0.3 is 0 Å². The Labute approximate surface area is 190 Å². The van der Waals surface area contributed by atoms with Gasteiger partial charge in [-0.25, -0.2) is 0 Å². The van der Waals surface area contributed by atoms with Gasteiger partial charge in [0.2, 0.25) is 0 Å². The normalized spacial score (nSPS) is 11.4. The van der Waals surface area contributed by atoms with E-state index in [4.69, 9.17) is 4.74 Å². The van der Waals surface area contributed by atoms with Crippen LogP contribution in [0.5, 0.6) is 5.75 Å². The van der Waals surface area contributed by atoms with E-state index in [1.54, 1.807) is 18.9 Å². The van der Waals surface area contributed by atoms with Crippen molar-refractivity contribution in [2.45, 2.75) is 5.16 Å². The minimum atomic E-state index is 0.783. The van der Waals surface area contributed by atoms with Crippen molar-refractivity contribution >= 4 is 28.7 Å². The molecule has 0 unspecified atom stereocenters. The lowest BCUT2D eigenvalue weighted by molar-refractivity contribution is 0.414. The Bertz CT molecular complexity index is 1370. The average molecular weight is 439 g/mol. The van der Waals surface area contributed by atoms with Crippen LogP contribution in [0, 0.1) is 0 Å². The zero-order valence-electron chi connectivity index (χ0n) is 17.6. The molecule has 6 heteroatoms. The van der Waals surface area contributed by atoms with Crippen LogP contribution in [0.1, 0.15) is 5.56 Å². The average Bonchev–Trinajstić information content (AvgIpc) is 3.46. The predicted octanol–water partition coefficient (Wildman–Crippen LogP) is 6.23. The molecule has 0 aliphatic rings. The molecule has 32 heavy (non-hydrogen) atoms. The first-order chi connectivity index (χ1) is 15.8. The second-order valence-corrected chi connectivity index (χ2v) is 8.20. The molecule has 158 valence electrons. The molecule has 0 atom stereocenters. The number of fused-ring (bicyclic) bond motifs is 1. The van der Waals surface area contributed by atoms with Crippen molar-refractivity contribution in [2.75, 3.05) is 12.9 Å². The van der Waals surface area contributed by atoms with E-state index >= 15 is 0 Å². The summed E-state index contributed by atoms with van der Waals surface area (Å²) < 4.78 is 7.56. The molecule has 1 N–H and O–H groups in total. The summed E-state index contributed by atoms with van der Waals surface area (Å²) in [5.74, 6) is 2.37. The maximum atomic E-state index is 5.46. The minimum Gasteiger partial charge on any atom is -0.497 e. The molecule has 0 spiro atoms. The molecule has 5 nitrogen and oxygen atoms in total. The van der Waals surface area contributed by atoms with E-state index in [1.807, 2.05) is 60.8 Å². The number of aromatic amines is 1. The number of rotatable bonds is 7. The van der Waals surface area contributed by atoms with Gasteiger partial charge in [0.1, 0.15) is 5.75 Å². The summed E-state index contributed by atoms with van der Waals surface area (Å²) in [5.41, 5.74) is 4.23. The molecule has 5 aromatic rings. The van der Waals surface area contributed by atoms with Crippen molar-refractivity contribution in [3.05, 3.63) is 96.7 Å². The summed E-state index contributed by atoms with van der Waals surface area (Å²) in [5, 5.41) is 11.1. The van der Waals surface area contributed by atoms with Crippen LogP contribution in [-0.4, -0.2) is 32.6 Å².